The van der Waals surface area contributed by atoms with Crippen molar-refractivity contribution < 1.29 is 0 Å². The van der Waals surface area contributed by atoms with Gasteiger partial charge in [-0.25, -0.2) is 4.98 Å². The lowest BCUT2D eigenvalue weighted by molar-refractivity contribution is 1.29. The third kappa shape index (κ3) is 1.92. The summed E-state index contributed by atoms with van der Waals surface area (Å²) in [6, 6.07) is 8.03. The van der Waals surface area contributed by atoms with Crippen LogP contribution in [-0.2, 0) is 0 Å². The number of hydrogen-bond acceptors (Lipinski definition) is 3. The van der Waals surface area contributed by atoms with Gasteiger partial charge in [-0.3, -0.25) is 0 Å². The number of nitrogens with zero attached hydrogens (tertiary/aromatic N) is 1. The van der Waals surface area contributed by atoms with Crippen molar-refractivity contribution in [3.05, 3.63) is 34.7 Å². The Morgan fingerprint density at radius 1 is 1.38 bits per heavy atom. The molecule has 1 heterocycles. The number of aryl methyl sites for hydroxylation is 1. The molecule has 1 aromatic heterocycles. The van der Waals surface area contributed by atoms with Crippen LogP contribution >= 0.6 is 24.0 Å². The van der Waals surface area contributed by atoms with Crippen molar-refractivity contribution in [3.63, 3.8) is 0 Å². The molecule has 3 heteroatoms. The number of aromatic nitrogens is 1. The number of thiol groups is 1. The summed E-state index contributed by atoms with van der Waals surface area (Å²) in [7, 11) is 0. The average molecular weight is 207 g/mol. The maximum absolute atomic E-state index is 4.41. The van der Waals surface area contributed by atoms with Crippen LogP contribution in [0.15, 0.2) is 34.5 Å². The molecule has 0 N–H and O–H groups in total. The highest BCUT2D eigenvalue weighted by atomic mass is 32.1. The van der Waals surface area contributed by atoms with Gasteiger partial charge in [0.2, 0.25) is 0 Å². The van der Waals surface area contributed by atoms with Crippen LogP contribution in [0.2, 0.25) is 0 Å². The van der Waals surface area contributed by atoms with E-state index < -0.39 is 0 Å². The first-order valence-electron chi connectivity index (χ1n) is 3.97. The first-order chi connectivity index (χ1) is 6.25. The molecule has 0 bridgehead atoms. The molecule has 0 atom stereocenters. The zero-order chi connectivity index (χ0) is 9.26. The fraction of sp³-hybridized carbons (Fsp3) is 0.100. The normalized spacial score (nSPS) is 10.3. The smallest absolute Gasteiger partial charge is 0.0901 e. The van der Waals surface area contributed by atoms with Gasteiger partial charge < -0.3 is 0 Å². The topological polar surface area (TPSA) is 12.9 Å². The molecule has 0 unspecified atom stereocenters. The minimum absolute atomic E-state index is 0.975. The highest BCUT2D eigenvalue weighted by Gasteiger charge is 2.00. The summed E-state index contributed by atoms with van der Waals surface area (Å²) in [5.74, 6) is 0. The van der Waals surface area contributed by atoms with Gasteiger partial charge in [-0.2, -0.15) is 0 Å². The third-order valence-electron chi connectivity index (χ3n) is 1.76. The van der Waals surface area contributed by atoms with Gasteiger partial charge in [-0.05, 0) is 19.1 Å². The van der Waals surface area contributed by atoms with E-state index in [1.807, 2.05) is 31.2 Å². The first kappa shape index (κ1) is 8.78. The predicted octanol–water partition coefficient (Wildman–Crippen LogP) is 3.41. The molecule has 0 aliphatic rings. The summed E-state index contributed by atoms with van der Waals surface area (Å²) < 4.78 is 0. The Kier molecular flexibility index (Phi) is 2.38. The van der Waals surface area contributed by atoms with Gasteiger partial charge in [-0.15, -0.1) is 24.0 Å². The Morgan fingerprint density at radius 3 is 2.85 bits per heavy atom. The SMILES string of the molecule is Cc1nc(-c2cccc(S)c2)cs1. The van der Waals surface area contributed by atoms with E-state index in [1.165, 1.54) is 0 Å². The van der Waals surface area contributed by atoms with Crippen LogP contribution in [0.5, 0.6) is 0 Å². The molecule has 0 radical (unpaired) electrons. The van der Waals surface area contributed by atoms with Crippen molar-refractivity contribution in [1.82, 2.24) is 4.98 Å². The van der Waals surface area contributed by atoms with E-state index in [9.17, 15) is 0 Å². The summed E-state index contributed by atoms with van der Waals surface area (Å²) in [5.41, 5.74) is 2.18. The van der Waals surface area contributed by atoms with Gasteiger partial charge in [0.25, 0.3) is 0 Å². The molecule has 66 valence electrons. The van der Waals surface area contributed by atoms with E-state index >= 15 is 0 Å². The monoisotopic (exact) mass is 207 g/mol. The molecule has 2 aromatic rings. The second kappa shape index (κ2) is 3.52. The van der Waals surface area contributed by atoms with Crippen molar-refractivity contribution in [3.8, 4) is 11.3 Å². The van der Waals surface area contributed by atoms with E-state index in [0.29, 0.717) is 0 Å². The van der Waals surface area contributed by atoms with Crippen LogP contribution in [0, 0.1) is 6.92 Å². The highest BCUT2D eigenvalue weighted by Crippen LogP contribution is 2.23. The molecular weight excluding hydrogens is 198 g/mol. The van der Waals surface area contributed by atoms with Crippen LogP contribution < -0.4 is 0 Å². The lowest BCUT2D eigenvalue weighted by Crippen LogP contribution is -1.77. The molecule has 0 aliphatic heterocycles. The Hall–Kier alpha value is -0.800. The van der Waals surface area contributed by atoms with Gasteiger partial charge in [0.05, 0.1) is 10.7 Å². The quantitative estimate of drug-likeness (QED) is 0.707. The van der Waals surface area contributed by atoms with Gasteiger partial charge in [0, 0.05) is 15.8 Å². The van der Waals surface area contributed by atoms with E-state index in [1.54, 1.807) is 11.3 Å². The third-order valence-corrected chi connectivity index (χ3v) is 2.81. The molecule has 0 spiro atoms. The van der Waals surface area contributed by atoms with E-state index in [-0.39, 0.29) is 0 Å². The van der Waals surface area contributed by atoms with Crippen LogP contribution in [0.4, 0.5) is 0 Å². The highest BCUT2D eigenvalue weighted by molar-refractivity contribution is 7.80. The average Bonchev–Trinajstić information content (AvgIpc) is 2.52. The fourth-order valence-electron chi connectivity index (χ4n) is 1.16. The Morgan fingerprint density at radius 2 is 2.23 bits per heavy atom. The summed E-state index contributed by atoms with van der Waals surface area (Å²) in [6.07, 6.45) is 0. The van der Waals surface area contributed by atoms with E-state index in [2.05, 4.69) is 23.0 Å². The Balaban J connectivity index is 2.46. The van der Waals surface area contributed by atoms with Crippen LogP contribution in [0.3, 0.4) is 0 Å². The van der Waals surface area contributed by atoms with Gasteiger partial charge in [0.15, 0.2) is 0 Å². The Labute approximate surface area is 86.9 Å². The first-order valence-corrected chi connectivity index (χ1v) is 5.30. The second-order valence-electron chi connectivity index (χ2n) is 2.80. The van der Waals surface area contributed by atoms with Crippen molar-refractivity contribution in [2.24, 2.45) is 0 Å². The molecule has 1 nitrogen and oxygen atoms in total. The van der Waals surface area contributed by atoms with Gasteiger partial charge in [-0.1, -0.05) is 12.1 Å². The van der Waals surface area contributed by atoms with Crippen molar-refractivity contribution in [1.29, 1.82) is 0 Å². The van der Waals surface area contributed by atoms with E-state index in [0.717, 1.165) is 21.2 Å². The molecule has 1 aromatic carbocycles. The minimum Gasteiger partial charge on any atom is -0.242 e. The largest absolute Gasteiger partial charge is 0.242 e. The Bertz CT molecular complexity index is 420. The minimum atomic E-state index is 0.975. The van der Waals surface area contributed by atoms with Gasteiger partial charge in [0.1, 0.15) is 0 Å². The predicted molar refractivity (Wildman–Crippen MR) is 59.5 cm³/mol. The summed E-state index contributed by atoms with van der Waals surface area (Å²) in [4.78, 5) is 5.38. The zero-order valence-corrected chi connectivity index (χ0v) is 8.90. The standard InChI is InChI=1S/C10H9NS2/c1-7-11-10(6-13-7)8-3-2-4-9(12)5-8/h2-6,12H,1H3. The number of benzene rings is 1. The van der Waals surface area contributed by atoms with Crippen molar-refractivity contribution >= 4 is 24.0 Å². The lowest BCUT2D eigenvalue weighted by atomic mass is 10.2. The van der Waals surface area contributed by atoms with Crippen LogP contribution in [-0.4, -0.2) is 4.98 Å². The molecule has 0 fully saturated rings. The lowest BCUT2D eigenvalue weighted by Gasteiger charge is -1.96. The van der Waals surface area contributed by atoms with E-state index in [4.69, 9.17) is 0 Å². The molecule has 0 saturated heterocycles. The number of thiazole rings is 1. The molecule has 0 amide bonds. The maximum atomic E-state index is 4.41. The molecule has 2 rings (SSSR count). The van der Waals surface area contributed by atoms with Crippen molar-refractivity contribution in [2.75, 3.05) is 0 Å². The fourth-order valence-corrected chi connectivity index (χ4v) is 2.01. The molecule has 0 aliphatic carbocycles. The second-order valence-corrected chi connectivity index (χ2v) is 4.38. The van der Waals surface area contributed by atoms with Crippen LogP contribution in [0.25, 0.3) is 11.3 Å². The van der Waals surface area contributed by atoms with Crippen LogP contribution in [0.1, 0.15) is 5.01 Å². The van der Waals surface area contributed by atoms with Gasteiger partial charge >= 0.3 is 0 Å². The zero-order valence-electron chi connectivity index (χ0n) is 7.19. The number of hydrogen-bond donors (Lipinski definition) is 1. The summed E-state index contributed by atoms with van der Waals surface area (Å²) in [6.45, 7) is 2.01. The molecule has 0 saturated carbocycles. The molecular formula is C10H9NS2. The summed E-state index contributed by atoms with van der Waals surface area (Å²) >= 11 is 5.96. The summed E-state index contributed by atoms with van der Waals surface area (Å²) in [5, 5.41) is 3.16. The molecule has 13 heavy (non-hydrogen) atoms. The number of rotatable bonds is 1. The van der Waals surface area contributed by atoms with Crippen molar-refractivity contribution in [2.45, 2.75) is 11.8 Å². The maximum Gasteiger partial charge on any atom is 0.0901 e.